The number of hydrogen-bond donors (Lipinski definition) is 1. The van der Waals surface area contributed by atoms with Crippen LogP contribution in [-0.2, 0) is 17.8 Å². The van der Waals surface area contributed by atoms with Crippen LogP contribution in [0.4, 0.5) is 5.13 Å². The Morgan fingerprint density at radius 1 is 1.30 bits per heavy atom. The van der Waals surface area contributed by atoms with Crippen LogP contribution in [0.3, 0.4) is 0 Å². The van der Waals surface area contributed by atoms with Gasteiger partial charge in [-0.25, -0.2) is 0 Å². The number of amides is 1. The van der Waals surface area contributed by atoms with Crippen LogP contribution in [-0.4, -0.2) is 45.5 Å². The first-order valence-electron chi connectivity index (χ1n) is 8.66. The van der Waals surface area contributed by atoms with E-state index in [2.05, 4.69) is 25.5 Å². The van der Waals surface area contributed by atoms with Gasteiger partial charge < -0.3 is 10.2 Å². The van der Waals surface area contributed by atoms with Crippen LogP contribution in [0.15, 0.2) is 48.2 Å². The second-order valence-corrected chi connectivity index (χ2v) is 7.93. The van der Waals surface area contributed by atoms with E-state index < -0.39 is 5.41 Å². The third-order valence-electron chi connectivity index (χ3n) is 4.73. The summed E-state index contributed by atoms with van der Waals surface area (Å²) in [4.78, 5) is 15.1. The number of hydrogen-bond acceptors (Lipinski definition) is 6. The van der Waals surface area contributed by atoms with Crippen LogP contribution in [0.5, 0.6) is 0 Å². The third kappa shape index (κ3) is 3.96. The molecule has 1 saturated heterocycles. The zero-order valence-corrected chi connectivity index (χ0v) is 16.2. The van der Waals surface area contributed by atoms with Crippen molar-refractivity contribution in [1.82, 2.24) is 25.3 Å². The van der Waals surface area contributed by atoms with Crippen molar-refractivity contribution in [1.29, 1.82) is 0 Å². The number of nitrogens with one attached hydrogen (secondary N) is 1. The molecule has 3 heterocycles. The van der Waals surface area contributed by atoms with Gasteiger partial charge in [0.15, 0.2) is 0 Å². The van der Waals surface area contributed by atoms with E-state index in [4.69, 9.17) is 11.6 Å². The molecule has 1 amide bonds. The molecule has 1 fully saturated rings. The molecule has 0 radical (unpaired) electrons. The minimum atomic E-state index is -0.483. The summed E-state index contributed by atoms with van der Waals surface area (Å²) in [5.41, 5.74) is 2.32. The summed E-state index contributed by atoms with van der Waals surface area (Å²) in [5.74, 6) is 0.0605. The molecule has 1 aliphatic rings. The highest BCUT2D eigenvalue weighted by Crippen LogP contribution is 2.38. The Morgan fingerprint density at radius 3 is 2.78 bits per heavy atom. The van der Waals surface area contributed by atoms with Crippen LogP contribution in [0.2, 0.25) is 5.02 Å². The Bertz CT molecular complexity index is 875. The molecule has 0 bridgehead atoms. The molecular weight excluding hydrogens is 384 g/mol. The van der Waals surface area contributed by atoms with Gasteiger partial charge in [0, 0.05) is 37.1 Å². The number of carbonyl (C=O) groups is 1. The number of nitrogens with zero attached hydrogens (tertiary/aromatic N) is 5. The molecular formula is C18H19ClN6OS. The standard InChI is InChI=1S/C18H19ClN6OS/c19-15-4-2-14(3-5-15)10-18(11-24(12-18)17-23-21-13-27-17)16(26)20-7-9-25-8-1-6-22-25/h1-6,8,13H,7,9-12H2,(H,20,26). The Balaban J connectivity index is 1.44. The van der Waals surface area contributed by atoms with Gasteiger partial charge >= 0.3 is 0 Å². The number of benzene rings is 1. The van der Waals surface area contributed by atoms with Crippen LogP contribution in [0.25, 0.3) is 0 Å². The topological polar surface area (TPSA) is 75.9 Å². The van der Waals surface area contributed by atoms with Crippen molar-refractivity contribution in [3.05, 3.63) is 58.8 Å². The molecule has 9 heteroatoms. The highest BCUT2D eigenvalue weighted by atomic mass is 35.5. The van der Waals surface area contributed by atoms with Crippen molar-refractivity contribution in [2.75, 3.05) is 24.5 Å². The fraction of sp³-hybridized carbons (Fsp3) is 0.333. The van der Waals surface area contributed by atoms with Gasteiger partial charge in [0.2, 0.25) is 11.0 Å². The lowest BCUT2D eigenvalue weighted by Crippen LogP contribution is -2.64. The molecule has 0 unspecified atom stereocenters. The van der Waals surface area contributed by atoms with Gasteiger partial charge in [-0.15, -0.1) is 10.2 Å². The molecule has 140 valence electrons. The monoisotopic (exact) mass is 402 g/mol. The maximum absolute atomic E-state index is 13.0. The first-order valence-corrected chi connectivity index (χ1v) is 9.92. The normalized spacial score (nSPS) is 15.4. The van der Waals surface area contributed by atoms with E-state index in [-0.39, 0.29) is 5.91 Å². The van der Waals surface area contributed by atoms with Crippen LogP contribution >= 0.6 is 22.9 Å². The summed E-state index contributed by atoms with van der Waals surface area (Å²) in [6, 6.07) is 9.56. The van der Waals surface area contributed by atoms with Gasteiger partial charge in [-0.05, 0) is 30.2 Å². The van der Waals surface area contributed by atoms with Crippen LogP contribution in [0.1, 0.15) is 5.56 Å². The number of rotatable bonds is 7. The van der Waals surface area contributed by atoms with Crippen molar-refractivity contribution in [3.8, 4) is 0 Å². The molecule has 2 aromatic heterocycles. The van der Waals surface area contributed by atoms with Crippen molar-refractivity contribution in [2.45, 2.75) is 13.0 Å². The van der Waals surface area contributed by atoms with Gasteiger partial charge in [0.25, 0.3) is 0 Å². The van der Waals surface area contributed by atoms with Crippen molar-refractivity contribution in [2.24, 2.45) is 5.41 Å². The van der Waals surface area contributed by atoms with E-state index >= 15 is 0 Å². The van der Waals surface area contributed by atoms with E-state index in [1.54, 1.807) is 16.4 Å². The number of halogens is 1. The fourth-order valence-corrected chi connectivity index (χ4v) is 4.04. The molecule has 0 atom stereocenters. The average Bonchev–Trinajstić information content (AvgIpc) is 3.33. The Morgan fingerprint density at radius 2 is 2.11 bits per heavy atom. The van der Waals surface area contributed by atoms with Crippen LogP contribution < -0.4 is 10.2 Å². The third-order valence-corrected chi connectivity index (χ3v) is 5.73. The maximum atomic E-state index is 13.0. The molecule has 0 spiro atoms. The second kappa shape index (κ2) is 7.66. The molecule has 1 aromatic carbocycles. The number of carbonyl (C=O) groups excluding carboxylic acids is 1. The first-order chi connectivity index (χ1) is 13.1. The second-order valence-electron chi connectivity index (χ2n) is 6.69. The highest BCUT2D eigenvalue weighted by Gasteiger charge is 2.50. The predicted octanol–water partition coefficient (Wildman–Crippen LogP) is 2.25. The summed E-state index contributed by atoms with van der Waals surface area (Å²) in [7, 11) is 0. The Kier molecular flexibility index (Phi) is 5.09. The van der Waals surface area contributed by atoms with E-state index in [0.29, 0.717) is 37.6 Å². The van der Waals surface area contributed by atoms with Crippen molar-refractivity contribution < 1.29 is 4.79 Å². The Hall–Kier alpha value is -2.45. The zero-order chi connectivity index (χ0) is 18.7. The molecule has 27 heavy (non-hydrogen) atoms. The molecule has 1 aliphatic heterocycles. The maximum Gasteiger partial charge on any atom is 0.230 e. The number of aromatic nitrogens is 4. The lowest BCUT2D eigenvalue weighted by Gasteiger charge is -2.48. The molecule has 1 N–H and O–H groups in total. The van der Waals surface area contributed by atoms with Gasteiger partial charge in [0.1, 0.15) is 5.51 Å². The molecule has 7 nitrogen and oxygen atoms in total. The van der Waals surface area contributed by atoms with Gasteiger partial charge in [-0.3, -0.25) is 9.48 Å². The van der Waals surface area contributed by atoms with Gasteiger partial charge in [0.05, 0.1) is 12.0 Å². The highest BCUT2D eigenvalue weighted by molar-refractivity contribution is 7.13. The Labute approximate surface area is 166 Å². The lowest BCUT2D eigenvalue weighted by atomic mass is 9.74. The summed E-state index contributed by atoms with van der Waals surface area (Å²) in [6.45, 7) is 2.44. The summed E-state index contributed by atoms with van der Waals surface area (Å²) in [6.07, 6.45) is 4.28. The first kappa shape index (κ1) is 17.9. The quantitative estimate of drug-likeness (QED) is 0.656. The molecule has 0 saturated carbocycles. The SMILES string of the molecule is O=C(NCCn1cccn1)C1(Cc2ccc(Cl)cc2)CN(c2nncs2)C1. The van der Waals surface area contributed by atoms with E-state index in [1.807, 2.05) is 36.5 Å². The summed E-state index contributed by atoms with van der Waals surface area (Å²) < 4.78 is 1.81. The smallest absolute Gasteiger partial charge is 0.230 e. The fourth-order valence-electron chi connectivity index (χ4n) is 3.36. The number of anilines is 1. The minimum Gasteiger partial charge on any atom is -0.354 e. The zero-order valence-electron chi connectivity index (χ0n) is 14.6. The molecule has 4 rings (SSSR count). The summed E-state index contributed by atoms with van der Waals surface area (Å²) >= 11 is 7.48. The predicted molar refractivity (Wildman–Crippen MR) is 105 cm³/mol. The van der Waals surface area contributed by atoms with E-state index in [1.165, 1.54) is 11.3 Å². The molecule has 3 aromatic rings. The summed E-state index contributed by atoms with van der Waals surface area (Å²) in [5, 5.41) is 16.8. The van der Waals surface area contributed by atoms with Gasteiger partial charge in [-0.1, -0.05) is 35.1 Å². The van der Waals surface area contributed by atoms with Crippen molar-refractivity contribution >= 4 is 34.0 Å². The average molecular weight is 403 g/mol. The van der Waals surface area contributed by atoms with E-state index in [0.717, 1.165) is 10.7 Å². The van der Waals surface area contributed by atoms with Crippen molar-refractivity contribution in [3.63, 3.8) is 0 Å². The minimum absolute atomic E-state index is 0.0605. The molecule has 0 aliphatic carbocycles. The van der Waals surface area contributed by atoms with Gasteiger partial charge in [-0.2, -0.15) is 5.10 Å². The van der Waals surface area contributed by atoms with Crippen LogP contribution in [0, 0.1) is 5.41 Å². The largest absolute Gasteiger partial charge is 0.354 e. The van der Waals surface area contributed by atoms with E-state index in [9.17, 15) is 4.79 Å². The lowest BCUT2D eigenvalue weighted by molar-refractivity contribution is -0.132.